The molecule has 7 heteroatoms. The lowest BCUT2D eigenvalue weighted by Crippen LogP contribution is -2.23. The van der Waals surface area contributed by atoms with E-state index < -0.39 is 5.97 Å². The smallest absolute Gasteiger partial charge is 0.371 e. The number of carboxylic acid groups (broad SMARTS) is 1. The van der Waals surface area contributed by atoms with Crippen LogP contribution in [-0.4, -0.2) is 26.8 Å². The first-order valence-corrected chi connectivity index (χ1v) is 6.58. The van der Waals surface area contributed by atoms with Crippen molar-refractivity contribution in [3.8, 4) is 0 Å². The van der Waals surface area contributed by atoms with E-state index in [1.165, 1.54) is 12.1 Å². The van der Waals surface area contributed by atoms with E-state index in [0.717, 1.165) is 5.69 Å². The lowest BCUT2D eigenvalue weighted by Gasteiger charge is -2.04. The fraction of sp³-hybridized carbons (Fsp3) is 0.357. The zero-order chi connectivity index (χ0) is 15.6. The van der Waals surface area contributed by atoms with Crippen molar-refractivity contribution in [1.29, 1.82) is 0 Å². The third-order valence-corrected chi connectivity index (χ3v) is 3.20. The summed E-state index contributed by atoms with van der Waals surface area (Å²) in [6, 6.07) is 2.88. The predicted molar refractivity (Wildman–Crippen MR) is 74.2 cm³/mol. The molecule has 0 saturated heterocycles. The quantitative estimate of drug-likeness (QED) is 0.874. The number of hydrogen-bond acceptors (Lipinski definition) is 4. The molecule has 0 aliphatic heterocycles. The van der Waals surface area contributed by atoms with Gasteiger partial charge in [-0.15, -0.1) is 0 Å². The third-order valence-electron chi connectivity index (χ3n) is 3.20. The molecule has 2 N–H and O–H groups in total. The number of aryl methyl sites for hydroxylation is 2. The van der Waals surface area contributed by atoms with E-state index >= 15 is 0 Å². The van der Waals surface area contributed by atoms with Crippen LogP contribution in [0.15, 0.2) is 16.5 Å². The molecule has 0 atom stereocenters. The Morgan fingerprint density at radius 1 is 1.38 bits per heavy atom. The molecule has 7 nitrogen and oxygen atoms in total. The Balaban J connectivity index is 2.08. The van der Waals surface area contributed by atoms with E-state index in [1.54, 1.807) is 11.6 Å². The Morgan fingerprint density at radius 3 is 2.62 bits per heavy atom. The molecule has 2 heterocycles. The van der Waals surface area contributed by atoms with Gasteiger partial charge in [0.05, 0.1) is 17.8 Å². The van der Waals surface area contributed by atoms with E-state index in [0.29, 0.717) is 23.6 Å². The number of hydrogen-bond donors (Lipinski definition) is 2. The van der Waals surface area contributed by atoms with Crippen LogP contribution >= 0.6 is 0 Å². The van der Waals surface area contributed by atoms with E-state index in [4.69, 9.17) is 9.52 Å². The number of furan rings is 1. The molecular weight excluding hydrogens is 274 g/mol. The normalized spacial score (nSPS) is 10.6. The average molecular weight is 291 g/mol. The standard InChI is InChI=1S/C14H17N3O4/c1-4-17-9(3)12(8(2)16-17)13(18)15-7-10-5-6-11(21-10)14(19)20/h5-6H,4,7H2,1-3H3,(H,15,18)(H,19,20). The monoisotopic (exact) mass is 291 g/mol. The fourth-order valence-corrected chi connectivity index (χ4v) is 2.18. The molecule has 2 rings (SSSR count). The number of nitrogens with zero attached hydrogens (tertiary/aromatic N) is 2. The van der Waals surface area contributed by atoms with Gasteiger partial charge in [0, 0.05) is 12.2 Å². The summed E-state index contributed by atoms with van der Waals surface area (Å²) >= 11 is 0. The van der Waals surface area contributed by atoms with Crippen LogP contribution in [-0.2, 0) is 13.1 Å². The van der Waals surface area contributed by atoms with Crippen LogP contribution in [0.4, 0.5) is 0 Å². The number of aromatic carboxylic acids is 1. The summed E-state index contributed by atoms with van der Waals surface area (Å²) in [6.45, 7) is 6.40. The number of rotatable bonds is 5. The van der Waals surface area contributed by atoms with Gasteiger partial charge in [-0.2, -0.15) is 5.10 Å². The van der Waals surface area contributed by atoms with E-state index in [2.05, 4.69) is 10.4 Å². The lowest BCUT2D eigenvalue weighted by atomic mass is 10.2. The number of carboxylic acids is 1. The third kappa shape index (κ3) is 2.96. The highest BCUT2D eigenvalue weighted by Gasteiger charge is 2.18. The van der Waals surface area contributed by atoms with Gasteiger partial charge in [0.15, 0.2) is 0 Å². The van der Waals surface area contributed by atoms with Gasteiger partial charge >= 0.3 is 5.97 Å². The first kappa shape index (κ1) is 14.8. The van der Waals surface area contributed by atoms with E-state index in [1.807, 2.05) is 13.8 Å². The van der Waals surface area contributed by atoms with Crippen molar-refractivity contribution in [3.63, 3.8) is 0 Å². The minimum atomic E-state index is -1.14. The van der Waals surface area contributed by atoms with Gasteiger partial charge in [-0.05, 0) is 32.9 Å². The number of carbonyl (C=O) groups excluding carboxylic acids is 1. The maximum Gasteiger partial charge on any atom is 0.371 e. The molecule has 0 aliphatic carbocycles. The Bertz CT molecular complexity index is 684. The molecule has 0 bridgehead atoms. The summed E-state index contributed by atoms with van der Waals surface area (Å²) in [7, 11) is 0. The number of amides is 1. The summed E-state index contributed by atoms with van der Waals surface area (Å²) in [5.41, 5.74) is 2.01. The maximum absolute atomic E-state index is 12.2. The Morgan fingerprint density at radius 2 is 2.10 bits per heavy atom. The molecule has 0 spiro atoms. The molecule has 0 radical (unpaired) electrons. The van der Waals surface area contributed by atoms with Crippen LogP contribution in [0, 0.1) is 13.8 Å². The number of aromatic nitrogens is 2. The molecule has 0 fully saturated rings. The van der Waals surface area contributed by atoms with Crippen LogP contribution in [0.2, 0.25) is 0 Å². The zero-order valence-corrected chi connectivity index (χ0v) is 12.1. The zero-order valence-electron chi connectivity index (χ0n) is 12.1. The van der Waals surface area contributed by atoms with Gasteiger partial charge in [-0.1, -0.05) is 0 Å². The Labute approximate surface area is 121 Å². The van der Waals surface area contributed by atoms with Gasteiger partial charge in [-0.25, -0.2) is 4.79 Å². The minimum absolute atomic E-state index is 0.127. The highest BCUT2D eigenvalue weighted by atomic mass is 16.4. The SMILES string of the molecule is CCn1nc(C)c(C(=O)NCc2ccc(C(=O)O)o2)c1C. The molecule has 0 saturated carbocycles. The van der Waals surface area contributed by atoms with Gasteiger partial charge in [0.2, 0.25) is 5.76 Å². The number of nitrogens with one attached hydrogen (secondary N) is 1. The molecule has 2 aromatic rings. The summed E-state index contributed by atoms with van der Waals surface area (Å²) < 4.78 is 6.85. The molecule has 1 amide bonds. The van der Waals surface area contributed by atoms with Crippen molar-refractivity contribution in [1.82, 2.24) is 15.1 Å². The minimum Gasteiger partial charge on any atom is -0.475 e. The molecular formula is C14H17N3O4. The topological polar surface area (TPSA) is 97.4 Å². The van der Waals surface area contributed by atoms with Crippen LogP contribution in [0.1, 0.15) is 45.0 Å². The largest absolute Gasteiger partial charge is 0.475 e. The second-order valence-corrected chi connectivity index (χ2v) is 4.62. The summed E-state index contributed by atoms with van der Waals surface area (Å²) in [4.78, 5) is 22.9. The van der Waals surface area contributed by atoms with Crippen molar-refractivity contribution in [3.05, 3.63) is 40.6 Å². The van der Waals surface area contributed by atoms with Crippen molar-refractivity contribution in [2.75, 3.05) is 0 Å². The van der Waals surface area contributed by atoms with Crippen molar-refractivity contribution >= 4 is 11.9 Å². The predicted octanol–water partition coefficient (Wildman–Crippen LogP) is 1.74. The fourth-order valence-electron chi connectivity index (χ4n) is 2.18. The number of carbonyl (C=O) groups is 2. The van der Waals surface area contributed by atoms with Gasteiger partial charge in [0.25, 0.3) is 5.91 Å². The highest BCUT2D eigenvalue weighted by Crippen LogP contribution is 2.13. The molecule has 0 unspecified atom stereocenters. The van der Waals surface area contributed by atoms with E-state index in [-0.39, 0.29) is 18.2 Å². The van der Waals surface area contributed by atoms with Crippen LogP contribution in [0.25, 0.3) is 0 Å². The lowest BCUT2D eigenvalue weighted by molar-refractivity contribution is 0.0660. The van der Waals surface area contributed by atoms with Gasteiger partial charge in [-0.3, -0.25) is 9.48 Å². The van der Waals surface area contributed by atoms with Crippen molar-refractivity contribution < 1.29 is 19.1 Å². The summed E-state index contributed by atoms with van der Waals surface area (Å²) in [6.07, 6.45) is 0. The summed E-state index contributed by atoms with van der Waals surface area (Å²) in [5, 5.41) is 15.8. The molecule has 112 valence electrons. The summed E-state index contributed by atoms with van der Waals surface area (Å²) in [5.74, 6) is -1.15. The Kier molecular flexibility index (Phi) is 4.11. The first-order chi connectivity index (χ1) is 9.93. The average Bonchev–Trinajstić information content (AvgIpc) is 3.01. The Hall–Kier alpha value is -2.57. The maximum atomic E-state index is 12.2. The van der Waals surface area contributed by atoms with Gasteiger partial charge in [0.1, 0.15) is 5.76 Å². The highest BCUT2D eigenvalue weighted by molar-refractivity contribution is 5.96. The van der Waals surface area contributed by atoms with Crippen LogP contribution in [0.5, 0.6) is 0 Å². The molecule has 2 aromatic heterocycles. The molecule has 21 heavy (non-hydrogen) atoms. The first-order valence-electron chi connectivity index (χ1n) is 6.58. The van der Waals surface area contributed by atoms with Crippen molar-refractivity contribution in [2.45, 2.75) is 33.9 Å². The molecule has 0 aliphatic rings. The molecule has 0 aromatic carbocycles. The second kappa shape index (κ2) is 5.82. The van der Waals surface area contributed by atoms with Crippen LogP contribution in [0.3, 0.4) is 0 Å². The van der Waals surface area contributed by atoms with Crippen LogP contribution < -0.4 is 5.32 Å². The van der Waals surface area contributed by atoms with Crippen molar-refractivity contribution in [2.24, 2.45) is 0 Å². The van der Waals surface area contributed by atoms with E-state index in [9.17, 15) is 9.59 Å². The van der Waals surface area contributed by atoms with Gasteiger partial charge < -0.3 is 14.8 Å². The second-order valence-electron chi connectivity index (χ2n) is 4.62.